The third-order valence-electron chi connectivity index (χ3n) is 2.44. The van der Waals surface area contributed by atoms with Gasteiger partial charge in [-0.15, -0.1) is 11.3 Å². The van der Waals surface area contributed by atoms with E-state index in [-0.39, 0.29) is 0 Å². The third kappa shape index (κ3) is 2.53. The first-order valence-corrected chi connectivity index (χ1v) is 6.75. The number of aryl methyl sites for hydroxylation is 1. The molecule has 2 rings (SSSR count). The van der Waals surface area contributed by atoms with Crippen LogP contribution in [0.25, 0.3) is 0 Å². The van der Waals surface area contributed by atoms with Crippen molar-refractivity contribution in [3.8, 4) is 0 Å². The van der Waals surface area contributed by atoms with Crippen molar-refractivity contribution in [1.82, 2.24) is 9.55 Å². The summed E-state index contributed by atoms with van der Waals surface area (Å²) in [5, 5.41) is 10.1. The van der Waals surface area contributed by atoms with Crippen LogP contribution in [0.1, 0.15) is 23.7 Å². The van der Waals surface area contributed by atoms with Gasteiger partial charge in [-0.3, -0.25) is 0 Å². The van der Waals surface area contributed by atoms with Crippen LogP contribution in [-0.2, 0) is 13.0 Å². The molecule has 1 unspecified atom stereocenters. The highest BCUT2D eigenvalue weighted by molar-refractivity contribution is 9.11. The van der Waals surface area contributed by atoms with Crippen molar-refractivity contribution >= 4 is 27.3 Å². The van der Waals surface area contributed by atoms with Crippen LogP contribution in [0.2, 0.25) is 0 Å². The zero-order valence-corrected chi connectivity index (χ0v) is 11.3. The molecule has 5 heteroatoms. The summed E-state index contributed by atoms with van der Waals surface area (Å²) in [5.74, 6) is 0.930. The molecule has 1 atom stereocenters. The quantitative estimate of drug-likeness (QED) is 0.942. The van der Waals surface area contributed by atoms with Gasteiger partial charge in [0.2, 0.25) is 0 Å². The van der Waals surface area contributed by atoms with Gasteiger partial charge >= 0.3 is 0 Å². The SMILES string of the molecule is CCn1ccnc1CC(O)c1ccc(Br)s1. The molecule has 2 aromatic rings. The molecule has 3 nitrogen and oxygen atoms in total. The van der Waals surface area contributed by atoms with Crippen LogP contribution in [0, 0.1) is 0 Å². The highest BCUT2D eigenvalue weighted by Crippen LogP contribution is 2.28. The molecule has 16 heavy (non-hydrogen) atoms. The Hall–Kier alpha value is -0.650. The van der Waals surface area contributed by atoms with Gasteiger partial charge in [-0.1, -0.05) is 0 Å². The number of hydrogen-bond acceptors (Lipinski definition) is 3. The van der Waals surface area contributed by atoms with Crippen molar-refractivity contribution in [2.75, 3.05) is 0 Å². The number of aromatic nitrogens is 2. The Bertz CT molecular complexity index is 466. The lowest BCUT2D eigenvalue weighted by atomic mass is 10.2. The Kier molecular flexibility index (Phi) is 3.78. The summed E-state index contributed by atoms with van der Waals surface area (Å²) >= 11 is 4.95. The van der Waals surface area contributed by atoms with E-state index in [2.05, 4.69) is 27.8 Å². The zero-order chi connectivity index (χ0) is 11.5. The van der Waals surface area contributed by atoms with Gasteiger partial charge in [0.25, 0.3) is 0 Å². The average Bonchev–Trinajstić information content (AvgIpc) is 2.86. The molecule has 0 bridgehead atoms. The van der Waals surface area contributed by atoms with Crippen LogP contribution in [-0.4, -0.2) is 14.7 Å². The van der Waals surface area contributed by atoms with E-state index in [1.165, 1.54) is 0 Å². The molecule has 86 valence electrons. The van der Waals surface area contributed by atoms with Crippen LogP contribution in [0.15, 0.2) is 28.3 Å². The number of thiophene rings is 1. The van der Waals surface area contributed by atoms with Gasteiger partial charge in [0.05, 0.1) is 9.89 Å². The molecule has 0 aliphatic carbocycles. The second kappa shape index (κ2) is 5.12. The molecule has 0 radical (unpaired) electrons. The van der Waals surface area contributed by atoms with Crippen LogP contribution in [0.5, 0.6) is 0 Å². The predicted octanol–water partition coefficient (Wildman–Crippen LogP) is 3.00. The minimum atomic E-state index is -0.469. The van der Waals surface area contributed by atoms with Crippen molar-refractivity contribution in [3.63, 3.8) is 0 Å². The highest BCUT2D eigenvalue weighted by atomic mass is 79.9. The second-order valence-electron chi connectivity index (χ2n) is 3.49. The van der Waals surface area contributed by atoms with Crippen LogP contribution < -0.4 is 0 Å². The van der Waals surface area contributed by atoms with E-state index < -0.39 is 6.10 Å². The molecular weight excluding hydrogens is 288 g/mol. The van der Waals surface area contributed by atoms with Crippen molar-refractivity contribution in [2.24, 2.45) is 0 Å². The minimum absolute atomic E-state index is 0.469. The van der Waals surface area contributed by atoms with E-state index in [1.54, 1.807) is 17.5 Å². The topological polar surface area (TPSA) is 38.0 Å². The molecule has 0 spiro atoms. The minimum Gasteiger partial charge on any atom is -0.387 e. The van der Waals surface area contributed by atoms with Crippen molar-refractivity contribution in [2.45, 2.75) is 26.0 Å². The fourth-order valence-electron chi connectivity index (χ4n) is 1.60. The number of hydrogen-bond donors (Lipinski definition) is 1. The lowest BCUT2D eigenvalue weighted by Gasteiger charge is -2.09. The number of halogens is 1. The van der Waals surface area contributed by atoms with E-state index >= 15 is 0 Å². The first-order valence-electron chi connectivity index (χ1n) is 5.14. The van der Waals surface area contributed by atoms with Gasteiger partial charge in [0, 0.05) is 30.2 Å². The summed E-state index contributed by atoms with van der Waals surface area (Å²) < 4.78 is 3.09. The molecule has 0 amide bonds. The largest absolute Gasteiger partial charge is 0.387 e. The fourth-order valence-corrected chi connectivity index (χ4v) is 3.01. The maximum Gasteiger partial charge on any atom is 0.111 e. The summed E-state index contributed by atoms with van der Waals surface area (Å²) in [4.78, 5) is 5.23. The molecule has 0 saturated heterocycles. The monoisotopic (exact) mass is 300 g/mol. The lowest BCUT2D eigenvalue weighted by molar-refractivity contribution is 0.178. The standard InChI is InChI=1S/C11H13BrN2OS/c1-2-14-6-5-13-11(14)7-8(15)9-3-4-10(12)16-9/h3-6,8,15H,2,7H2,1H3. The van der Waals surface area contributed by atoms with Crippen LogP contribution >= 0.6 is 27.3 Å². The summed E-state index contributed by atoms with van der Waals surface area (Å²) in [6.45, 7) is 2.95. The number of aliphatic hydroxyl groups is 1. The maximum atomic E-state index is 10.1. The van der Waals surface area contributed by atoms with Gasteiger partial charge in [-0.05, 0) is 35.0 Å². The zero-order valence-electron chi connectivity index (χ0n) is 8.93. The van der Waals surface area contributed by atoms with Crippen LogP contribution in [0.4, 0.5) is 0 Å². The fraction of sp³-hybridized carbons (Fsp3) is 0.364. The summed E-state index contributed by atoms with van der Waals surface area (Å²) in [6, 6.07) is 3.90. The van der Waals surface area contributed by atoms with Gasteiger partial charge in [0.15, 0.2) is 0 Å². The Morgan fingerprint density at radius 3 is 3.00 bits per heavy atom. The van der Waals surface area contributed by atoms with E-state index in [0.29, 0.717) is 6.42 Å². The highest BCUT2D eigenvalue weighted by Gasteiger charge is 2.13. The molecule has 2 heterocycles. The molecule has 2 aromatic heterocycles. The molecule has 0 saturated carbocycles. The lowest BCUT2D eigenvalue weighted by Crippen LogP contribution is -2.07. The van der Waals surface area contributed by atoms with Gasteiger partial charge in [0.1, 0.15) is 5.82 Å². The Balaban J connectivity index is 2.10. The first-order chi connectivity index (χ1) is 7.70. The summed E-state index contributed by atoms with van der Waals surface area (Å²) in [5.41, 5.74) is 0. The summed E-state index contributed by atoms with van der Waals surface area (Å²) in [7, 11) is 0. The molecule has 0 aliphatic heterocycles. The summed E-state index contributed by atoms with van der Waals surface area (Å²) in [6.07, 6.45) is 3.81. The Morgan fingerprint density at radius 2 is 2.38 bits per heavy atom. The normalized spacial score (nSPS) is 12.9. The van der Waals surface area contributed by atoms with Crippen molar-refractivity contribution in [3.05, 3.63) is 39.0 Å². The smallest absolute Gasteiger partial charge is 0.111 e. The second-order valence-corrected chi connectivity index (χ2v) is 5.99. The molecular formula is C11H13BrN2OS. The third-order valence-corrected chi connectivity index (χ3v) is 4.17. The van der Waals surface area contributed by atoms with E-state index in [4.69, 9.17) is 0 Å². The molecule has 0 fully saturated rings. The Labute approximate surface area is 107 Å². The van der Waals surface area contributed by atoms with Gasteiger partial charge in [-0.25, -0.2) is 4.98 Å². The van der Waals surface area contributed by atoms with Crippen molar-refractivity contribution in [1.29, 1.82) is 0 Å². The Morgan fingerprint density at radius 1 is 1.56 bits per heavy atom. The molecule has 0 aromatic carbocycles. The predicted molar refractivity (Wildman–Crippen MR) is 68.6 cm³/mol. The van der Waals surface area contributed by atoms with Gasteiger partial charge < -0.3 is 9.67 Å². The number of nitrogens with zero attached hydrogens (tertiary/aromatic N) is 2. The van der Waals surface area contributed by atoms with E-state index in [1.807, 2.05) is 22.9 Å². The molecule has 1 N–H and O–H groups in total. The van der Waals surface area contributed by atoms with E-state index in [9.17, 15) is 5.11 Å². The first kappa shape index (κ1) is 11.8. The number of aliphatic hydroxyl groups excluding tert-OH is 1. The number of imidazole rings is 1. The van der Waals surface area contributed by atoms with Gasteiger partial charge in [-0.2, -0.15) is 0 Å². The molecule has 0 aliphatic rings. The van der Waals surface area contributed by atoms with E-state index in [0.717, 1.165) is 21.0 Å². The van der Waals surface area contributed by atoms with Crippen molar-refractivity contribution < 1.29 is 5.11 Å². The maximum absolute atomic E-state index is 10.1. The number of rotatable bonds is 4. The van der Waals surface area contributed by atoms with Crippen LogP contribution in [0.3, 0.4) is 0 Å². The average molecular weight is 301 g/mol.